The van der Waals surface area contributed by atoms with Crippen molar-refractivity contribution in [3.8, 4) is 0 Å². The molecule has 1 aromatic heterocycles. The molecular formula is C12H17F2N3. The molecule has 1 aliphatic heterocycles. The quantitative estimate of drug-likeness (QED) is 0.857. The molecule has 1 aliphatic rings. The molecule has 94 valence electrons. The molecule has 1 N–H and O–H groups in total. The van der Waals surface area contributed by atoms with Crippen LogP contribution in [0, 0.1) is 6.92 Å². The molecule has 1 fully saturated rings. The number of aromatic nitrogens is 1. The largest absolute Gasteiger partial charge is 0.354 e. The maximum absolute atomic E-state index is 13.2. The van der Waals surface area contributed by atoms with Gasteiger partial charge in [0.05, 0.1) is 0 Å². The lowest BCUT2D eigenvalue weighted by molar-refractivity contribution is 0.0164. The van der Waals surface area contributed by atoms with Crippen molar-refractivity contribution in [1.82, 2.24) is 10.3 Å². The van der Waals surface area contributed by atoms with Crippen LogP contribution in [0.25, 0.3) is 0 Å². The van der Waals surface area contributed by atoms with Gasteiger partial charge in [0.1, 0.15) is 5.82 Å². The number of hydrogen-bond donors (Lipinski definition) is 1. The van der Waals surface area contributed by atoms with Crippen molar-refractivity contribution < 1.29 is 8.78 Å². The van der Waals surface area contributed by atoms with Crippen molar-refractivity contribution in [2.75, 3.05) is 31.1 Å². The van der Waals surface area contributed by atoms with E-state index in [4.69, 9.17) is 0 Å². The standard InChI is InChI=1S/C12H17F2N3/c1-9-10(12(2,13)14)3-4-11(16-9)17-7-5-15-6-8-17/h3-4,15H,5-8H2,1-2H3. The second-order valence-electron chi connectivity index (χ2n) is 4.43. The first kappa shape index (κ1) is 12.2. The van der Waals surface area contributed by atoms with Crippen molar-refractivity contribution in [3.63, 3.8) is 0 Å². The Kier molecular flexibility index (Phi) is 3.28. The number of nitrogens with one attached hydrogen (secondary N) is 1. The van der Waals surface area contributed by atoms with E-state index in [1.54, 1.807) is 13.0 Å². The zero-order chi connectivity index (χ0) is 12.5. The summed E-state index contributed by atoms with van der Waals surface area (Å²) in [5.41, 5.74) is 0.421. The fourth-order valence-electron chi connectivity index (χ4n) is 2.08. The zero-order valence-electron chi connectivity index (χ0n) is 10.1. The van der Waals surface area contributed by atoms with Gasteiger partial charge in [0.25, 0.3) is 5.92 Å². The Morgan fingerprint density at radius 1 is 1.29 bits per heavy atom. The summed E-state index contributed by atoms with van der Waals surface area (Å²) >= 11 is 0. The smallest absolute Gasteiger partial charge is 0.272 e. The van der Waals surface area contributed by atoms with Crippen LogP contribution in [0.1, 0.15) is 18.2 Å². The zero-order valence-corrected chi connectivity index (χ0v) is 10.1. The lowest BCUT2D eigenvalue weighted by Gasteiger charge is -2.29. The van der Waals surface area contributed by atoms with Gasteiger partial charge in [-0.3, -0.25) is 0 Å². The number of halogens is 2. The van der Waals surface area contributed by atoms with Gasteiger partial charge in [0.2, 0.25) is 0 Å². The highest BCUT2D eigenvalue weighted by Crippen LogP contribution is 2.30. The molecule has 1 saturated heterocycles. The highest BCUT2D eigenvalue weighted by molar-refractivity contribution is 5.43. The number of rotatable bonds is 2. The molecule has 0 saturated carbocycles. The van der Waals surface area contributed by atoms with Gasteiger partial charge in [-0.25, -0.2) is 13.8 Å². The Hall–Kier alpha value is -1.23. The van der Waals surface area contributed by atoms with E-state index in [1.165, 1.54) is 6.07 Å². The molecule has 3 nitrogen and oxygen atoms in total. The topological polar surface area (TPSA) is 28.2 Å². The number of anilines is 1. The molecule has 17 heavy (non-hydrogen) atoms. The summed E-state index contributed by atoms with van der Waals surface area (Å²) in [6.45, 7) is 6.10. The SMILES string of the molecule is Cc1nc(N2CCNCC2)ccc1C(C)(F)F. The normalized spacial score (nSPS) is 17.3. The van der Waals surface area contributed by atoms with Crippen molar-refractivity contribution in [2.45, 2.75) is 19.8 Å². The van der Waals surface area contributed by atoms with Crippen LogP contribution in [0.15, 0.2) is 12.1 Å². The number of nitrogens with zero attached hydrogens (tertiary/aromatic N) is 2. The van der Waals surface area contributed by atoms with Crippen LogP contribution in [-0.4, -0.2) is 31.2 Å². The third-order valence-electron chi connectivity index (χ3n) is 2.99. The van der Waals surface area contributed by atoms with E-state index in [9.17, 15) is 8.78 Å². The highest BCUT2D eigenvalue weighted by Gasteiger charge is 2.27. The minimum Gasteiger partial charge on any atom is -0.354 e. The van der Waals surface area contributed by atoms with E-state index in [1.807, 2.05) is 0 Å². The molecule has 5 heteroatoms. The summed E-state index contributed by atoms with van der Waals surface area (Å²) in [5, 5.41) is 3.25. The number of pyridine rings is 1. The van der Waals surface area contributed by atoms with E-state index in [0.29, 0.717) is 5.69 Å². The monoisotopic (exact) mass is 241 g/mol. The first-order valence-corrected chi connectivity index (χ1v) is 5.80. The van der Waals surface area contributed by atoms with Crippen LogP contribution >= 0.6 is 0 Å². The minimum absolute atomic E-state index is 0.0105. The molecule has 0 spiro atoms. The van der Waals surface area contributed by atoms with Gasteiger partial charge in [-0.1, -0.05) is 0 Å². The molecular weight excluding hydrogens is 224 g/mol. The first-order valence-electron chi connectivity index (χ1n) is 5.80. The maximum Gasteiger partial charge on any atom is 0.272 e. The molecule has 0 bridgehead atoms. The average molecular weight is 241 g/mol. The average Bonchev–Trinajstić information content (AvgIpc) is 2.28. The first-order chi connectivity index (χ1) is 7.98. The van der Waals surface area contributed by atoms with Gasteiger partial charge in [-0.15, -0.1) is 0 Å². The van der Waals surface area contributed by atoms with E-state index in [-0.39, 0.29) is 5.56 Å². The van der Waals surface area contributed by atoms with Crippen LogP contribution < -0.4 is 10.2 Å². The fourth-order valence-corrected chi connectivity index (χ4v) is 2.08. The second kappa shape index (κ2) is 4.56. The molecule has 2 rings (SSSR count). The van der Waals surface area contributed by atoms with Gasteiger partial charge in [0.15, 0.2) is 0 Å². The Morgan fingerprint density at radius 2 is 1.94 bits per heavy atom. The van der Waals surface area contributed by atoms with Gasteiger partial charge >= 0.3 is 0 Å². The number of piperazine rings is 1. The van der Waals surface area contributed by atoms with Crippen LogP contribution in [0.3, 0.4) is 0 Å². The molecule has 0 aliphatic carbocycles. The van der Waals surface area contributed by atoms with E-state index in [2.05, 4.69) is 15.2 Å². The van der Waals surface area contributed by atoms with Crippen LogP contribution in [0.5, 0.6) is 0 Å². The predicted octanol–water partition coefficient (Wildman–Crippen LogP) is 1.91. The summed E-state index contributed by atoms with van der Waals surface area (Å²) in [6, 6.07) is 3.17. The van der Waals surface area contributed by atoms with E-state index < -0.39 is 5.92 Å². The second-order valence-corrected chi connectivity index (χ2v) is 4.43. The Labute approximate surface area is 99.8 Å². The minimum atomic E-state index is -2.82. The molecule has 0 atom stereocenters. The summed E-state index contributed by atoms with van der Waals surface area (Å²) < 4.78 is 26.5. The lowest BCUT2D eigenvalue weighted by Crippen LogP contribution is -2.44. The van der Waals surface area contributed by atoms with Crippen LogP contribution in [0.2, 0.25) is 0 Å². The molecule has 0 aromatic carbocycles. The molecule has 1 aromatic rings. The van der Waals surface area contributed by atoms with Crippen molar-refractivity contribution in [1.29, 1.82) is 0 Å². The number of hydrogen-bond acceptors (Lipinski definition) is 3. The molecule has 0 unspecified atom stereocenters. The Morgan fingerprint density at radius 3 is 2.47 bits per heavy atom. The fraction of sp³-hybridized carbons (Fsp3) is 0.583. The summed E-state index contributed by atoms with van der Waals surface area (Å²) in [5.74, 6) is -2.03. The summed E-state index contributed by atoms with van der Waals surface area (Å²) in [7, 11) is 0. The van der Waals surface area contributed by atoms with E-state index in [0.717, 1.165) is 38.9 Å². The van der Waals surface area contributed by atoms with E-state index >= 15 is 0 Å². The predicted molar refractivity (Wildman–Crippen MR) is 63.6 cm³/mol. The Bertz CT molecular complexity index is 395. The van der Waals surface area contributed by atoms with Gasteiger partial charge in [-0.05, 0) is 19.1 Å². The summed E-state index contributed by atoms with van der Waals surface area (Å²) in [6.07, 6.45) is 0. The van der Waals surface area contributed by atoms with Crippen LogP contribution in [0.4, 0.5) is 14.6 Å². The number of alkyl halides is 2. The van der Waals surface area contributed by atoms with Crippen LogP contribution in [-0.2, 0) is 5.92 Å². The third-order valence-corrected chi connectivity index (χ3v) is 2.99. The number of aryl methyl sites for hydroxylation is 1. The lowest BCUT2D eigenvalue weighted by atomic mass is 10.1. The van der Waals surface area contributed by atoms with Gasteiger partial charge in [-0.2, -0.15) is 0 Å². The molecule has 0 radical (unpaired) electrons. The van der Waals surface area contributed by atoms with Crippen molar-refractivity contribution in [3.05, 3.63) is 23.4 Å². The molecule has 0 amide bonds. The molecule has 2 heterocycles. The summed E-state index contributed by atoms with van der Waals surface area (Å²) in [4.78, 5) is 6.39. The van der Waals surface area contributed by atoms with Crippen molar-refractivity contribution >= 4 is 5.82 Å². The third kappa shape index (κ3) is 2.72. The van der Waals surface area contributed by atoms with Gasteiger partial charge in [0, 0.05) is 44.4 Å². The maximum atomic E-state index is 13.2. The van der Waals surface area contributed by atoms with Crippen molar-refractivity contribution in [2.24, 2.45) is 0 Å². The Balaban J connectivity index is 2.24. The highest BCUT2D eigenvalue weighted by atomic mass is 19.3. The van der Waals surface area contributed by atoms with Gasteiger partial charge < -0.3 is 10.2 Å².